The number of aliphatic carboxylic acids is 1. The van der Waals surface area contributed by atoms with Crippen LogP contribution in [0.2, 0.25) is 0 Å². The molecule has 0 aromatic heterocycles. The lowest BCUT2D eigenvalue weighted by Gasteiger charge is -2.25. The maximum absolute atomic E-state index is 13.3. The minimum Gasteiger partial charge on any atom is -0.481 e. The third kappa shape index (κ3) is 3.97. The zero-order valence-corrected chi connectivity index (χ0v) is 19.0. The van der Waals surface area contributed by atoms with E-state index in [1.807, 2.05) is 6.92 Å². The second kappa shape index (κ2) is 8.64. The summed E-state index contributed by atoms with van der Waals surface area (Å²) in [5, 5.41) is 9.86. The summed E-state index contributed by atoms with van der Waals surface area (Å²) in [5.41, 5.74) is 8.79. The maximum atomic E-state index is 13.3. The molecule has 0 saturated heterocycles. The van der Waals surface area contributed by atoms with Gasteiger partial charge in [-0.15, -0.1) is 0 Å². The topological polar surface area (TPSA) is 57.6 Å². The molecule has 1 heterocycles. The van der Waals surface area contributed by atoms with E-state index in [0.29, 0.717) is 13.1 Å². The van der Waals surface area contributed by atoms with E-state index < -0.39 is 17.0 Å². The number of benzene rings is 2. The second-order valence-electron chi connectivity index (χ2n) is 8.83. The number of aryl methyl sites for hydroxylation is 1. The first-order chi connectivity index (χ1) is 14.4. The van der Waals surface area contributed by atoms with Crippen molar-refractivity contribution in [1.82, 2.24) is 4.31 Å². The number of rotatable bonds is 5. The number of carboxylic acid groups (broad SMARTS) is 1. The number of fused-ring (bicyclic) bond motifs is 1. The molecule has 1 aliphatic heterocycles. The van der Waals surface area contributed by atoms with Crippen LogP contribution in [0.3, 0.4) is 0 Å². The van der Waals surface area contributed by atoms with Crippen LogP contribution in [0.5, 0.6) is 0 Å². The molecule has 1 aliphatic carbocycles. The molecule has 1 unspecified atom stereocenters. The molecule has 4 rings (SSSR count). The quantitative estimate of drug-likeness (QED) is 0.715. The molecule has 1 saturated carbocycles. The van der Waals surface area contributed by atoms with Crippen molar-refractivity contribution in [2.45, 2.75) is 77.6 Å². The van der Waals surface area contributed by atoms with Gasteiger partial charge in [-0.1, -0.05) is 49.1 Å². The molecule has 160 valence electrons. The van der Waals surface area contributed by atoms with Gasteiger partial charge < -0.3 is 5.11 Å². The summed E-state index contributed by atoms with van der Waals surface area (Å²) in [6.45, 7) is 7.55. The number of carbonyl (C=O) groups is 1. The van der Waals surface area contributed by atoms with E-state index in [4.69, 9.17) is 0 Å². The predicted octanol–water partition coefficient (Wildman–Crippen LogP) is 5.22. The maximum Gasteiger partial charge on any atom is 0.307 e. The Bertz CT molecular complexity index is 991. The normalized spacial score (nSPS) is 18.4. The van der Waals surface area contributed by atoms with E-state index in [-0.39, 0.29) is 11.7 Å². The van der Waals surface area contributed by atoms with Crippen molar-refractivity contribution in [2.75, 3.05) is 0 Å². The van der Waals surface area contributed by atoms with E-state index >= 15 is 0 Å². The molecule has 4 nitrogen and oxygen atoms in total. The summed E-state index contributed by atoms with van der Waals surface area (Å²) < 4.78 is 15.4. The van der Waals surface area contributed by atoms with Gasteiger partial charge in [0.1, 0.15) is 0 Å². The highest BCUT2D eigenvalue weighted by molar-refractivity contribution is 7.83. The van der Waals surface area contributed by atoms with Gasteiger partial charge in [-0.05, 0) is 72.6 Å². The predicted molar refractivity (Wildman–Crippen MR) is 122 cm³/mol. The molecule has 1 atom stereocenters. The van der Waals surface area contributed by atoms with Crippen molar-refractivity contribution >= 4 is 17.0 Å². The van der Waals surface area contributed by atoms with E-state index in [1.54, 1.807) is 0 Å². The largest absolute Gasteiger partial charge is 0.481 e. The van der Waals surface area contributed by atoms with Crippen molar-refractivity contribution in [2.24, 2.45) is 0 Å². The van der Waals surface area contributed by atoms with Gasteiger partial charge >= 0.3 is 5.97 Å². The minimum atomic E-state index is -0.979. The molecule has 0 radical (unpaired) electrons. The Labute approximate surface area is 181 Å². The second-order valence-corrected chi connectivity index (χ2v) is 10.6. The SMILES string of the molecule is Cc1ccc(-c2c(C)c3c(c(C)c2CC(=O)O)CN(S(=O)C2CCCCC2)C3)cc1. The Morgan fingerprint density at radius 3 is 2.20 bits per heavy atom. The van der Waals surface area contributed by atoms with E-state index in [1.165, 1.54) is 36.0 Å². The Morgan fingerprint density at radius 2 is 1.60 bits per heavy atom. The van der Waals surface area contributed by atoms with Crippen molar-refractivity contribution in [3.05, 3.63) is 57.6 Å². The van der Waals surface area contributed by atoms with Crippen LogP contribution in [0.1, 0.15) is 65.5 Å². The van der Waals surface area contributed by atoms with Crippen LogP contribution in [-0.2, 0) is 35.3 Å². The third-order valence-electron chi connectivity index (χ3n) is 6.83. The van der Waals surface area contributed by atoms with Crippen molar-refractivity contribution in [3.8, 4) is 11.1 Å². The Kier molecular flexibility index (Phi) is 6.12. The van der Waals surface area contributed by atoms with Crippen molar-refractivity contribution < 1.29 is 14.1 Å². The lowest BCUT2D eigenvalue weighted by Crippen LogP contribution is -2.31. The van der Waals surface area contributed by atoms with Gasteiger partial charge in [0.05, 0.1) is 17.4 Å². The van der Waals surface area contributed by atoms with Crippen LogP contribution in [0.25, 0.3) is 11.1 Å². The van der Waals surface area contributed by atoms with E-state index in [2.05, 4.69) is 42.4 Å². The summed E-state index contributed by atoms with van der Waals surface area (Å²) in [7, 11) is -0.979. The molecule has 2 aliphatic rings. The molecule has 0 bridgehead atoms. The minimum absolute atomic E-state index is 0.00881. The van der Waals surface area contributed by atoms with Crippen LogP contribution in [-0.4, -0.2) is 24.8 Å². The molecule has 1 N–H and O–H groups in total. The first-order valence-electron chi connectivity index (χ1n) is 10.9. The van der Waals surface area contributed by atoms with Gasteiger partial charge in [0, 0.05) is 18.3 Å². The summed E-state index contributed by atoms with van der Waals surface area (Å²) in [6.07, 6.45) is 5.72. The van der Waals surface area contributed by atoms with Gasteiger partial charge in [0.15, 0.2) is 0 Å². The Morgan fingerprint density at radius 1 is 1.00 bits per heavy atom. The number of hydrogen-bond acceptors (Lipinski definition) is 2. The molecular formula is C25H31NO3S. The number of nitrogens with zero attached hydrogens (tertiary/aromatic N) is 1. The third-order valence-corrected chi connectivity index (χ3v) is 8.64. The molecule has 1 fully saturated rings. The zero-order valence-electron chi connectivity index (χ0n) is 18.2. The number of hydrogen-bond donors (Lipinski definition) is 1. The fourth-order valence-electron chi connectivity index (χ4n) is 5.12. The molecular weight excluding hydrogens is 394 g/mol. The highest BCUT2D eigenvalue weighted by atomic mass is 32.2. The molecule has 0 spiro atoms. The average Bonchev–Trinajstić information content (AvgIpc) is 3.19. The van der Waals surface area contributed by atoms with Gasteiger partial charge in [-0.2, -0.15) is 0 Å². The zero-order chi connectivity index (χ0) is 21.4. The van der Waals surface area contributed by atoms with Crippen LogP contribution in [0, 0.1) is 20.8 Å². The first kappa shape index (κ1) is 21.3. The fraction of sp³-hybridized carbons (Fsp3) is 0.480. The molecule has 2 aromatic rings. The Balaban J connectivity index is 1.76. The summed E-state index contributed by atoms with van der Waals surface area (Å²) >= 11 is 0. The summed E-state index contributed by atoms with van der Waals surface area (Å²) in [4.78, 5) is 11.7. The fourth-order valence-corrected chi connectivity index (χ4v) is 6.80. The smallest absolute Gasteiger partial charge is 0.307 e. The standard InChI is InChI=1S/C25H31NO3S/c1-16-9-11-19(12-10-16)25-18(3)23-15-26(30(29)20-7-5-4-6-8-20)14-22(23)17(2)21(25)13-24(27)28/h9-12,20H,4-8,13-15H2,1-3H3,(H,27,28). The van der Waals surface area contributed by atoms with Crippen molar-refractivity contribution in [1.29, 1.82) is 0 Å². The highest BCUT2D eigenvalue weighted by Gasteiger charge is 2.33. The lowest BCUT2D eigenvalue weighted by atomic mass is 9.84. The van der Waals surface area contributed by atoms with Crippen LogP contribution < -0.4 is 0 Å². The molecule has 5 heteroatoms. The van der Waals surface area contributed by atoms with Crippen LogP contribution in [0.15, 0.2) is 24.3 Å². The lowest BCUT2D eigenvalue weighted by molar-refractivity contribution is -0.136. The van der Waals surface area contributed by atoms with Crippen LogP contribution >= 0.6 is 0 Å². The average molecular weight is 426 g/mol. The van der Waals surface area contributed by atoms with Gasteiger partial charge in [-0.3, -0.25) is 4.79 Å². The van der Waals surface area contributed by atoms with Crippen molar-refractivity contribution in [3.63, 3.8) is 0 Å². The molecule has 30 heavy (non-hydrogen) atoms. The van der Waals surface area contributed by atoms with Gasteiger partial charge in [0.25, 0.3) is 0 Å². The summed E-state index contributed by atoms with van der Waals surface area (Å²) in [6, 6.07) is 8.32. The molecule has 0 amide bonds. The van der Waals surface area contributed by atoms with E-state index in [9.17, 15) is 14.1 Å². The summed E-state index contributed by atoms with van der Waals surface area (Å²) in [5.74, 6) is -0.813. The monoisotopic (exact) mass is 425 g/mol. The van der Waals surface area contributed by atoms with E-state index in [0.717, 1.165) is 40.7 Å². The number of carboxylic acids is 1. The Hall–Kier alpha value is -1.98. The first-order valence-corrected chi connectivity index (χ1v) is 12.1. The van der Waals surface area contributed by atoms with Gasteiger partial charge in [0.2, 0.25) is 0 Å². The van der Waals surface area contributed by atoms with Gasteiger partial charge in [-0.25, -0.2) is 8.51 Å². The van der Waals surface area contributed by atoms with Crippen LogP contribution in [0.4, 0.5) is 0 Å². The molecule has 2 aromatic carbocycles. The highest BCUT2D eigenvalue weighted by Crippen LogP contribution is 2.40.